The van der Waals surface area contributed by atoms with E-state index >= 15 is 0 Å². The van der Waals surface area contributed by atoms with Crippen LogP contribution < -0.4 is 15.0 Å². The van der Waals surface area contributed by atoms with E-state index in [0.717, 1.165) is 30.4 Å². The van der Waals surface area contributed by atoms with Crippen LogP contribution in [0.15, 0.2) is 12.3 Å². The van der Waals surface area contributed by atoms with Crippen LogP contribution in [-0.2, 0) is 0 Å². The quantitative estimate of drug-likeness (QED) is 0.767. The van der Waals surface area contributed by atoms with E-state index in [1.54, 1.807) is 0 Å². The average Bonchev–Trinajstić information content (AvgIpc) is 2.31. The first-order chi connectivity index (χ1) is 7.31. The number of nitrogens with zero attached hydrogens (tertiary/aromatic N) is 2. The fourth-order valence-electron chi connectivity index (χ4n) is 1.38. The van der Waals surface area contributed by atoms with E-state index < -0.39 is 0 Å². The van der Waals surface area contributed by atoms with Crippen LogP contribution in [0.2, 0.25) is 0 Å². The molecule has 1 aromatic heterocycles. The molecule has 0 saturated carbocycles. The van der Waals surface area contributed by atoms with Crippen LogP contribution >= 0.6 is 0 Å². The number of hydrogen-bond donors (Lipinski definition) is 1. The molecule has 1 aliphatic heterocycles. The van der Waals surface area contributed by atoms with Gasteiger partial charge in [-0.2, -0.15) is 0 Å². The van der Waals surface area contributed by atoms with Gasteiger partial charge in [0.25, 0.3) is 0 Å². The molecule has 2 heterocycles. The maximum Gasteiger partial charge on any atom is 0.147 e. The number of likely N-dealkylation sites (N-methyl/N-ethyl adjacent to an activating group) is 1. The second kappa shape index (κ2) is 5.44. The van der Waals surface area contributed by atoms with Crippen molar-refractivity contribution in [2.24, 2.45) is 0 Å². The highest BCUT2D eigenvalue weighted by Crippen LogP contribution is 2.31. The second-order valence-corrected chi connectivity index (χ2v) is 3.06. The van der Waals surface area contributed by atoms with E-state index in [9.17, 15) is 0 Å². The normalized spacial score (nSPS) is 13.2. The van der Waals surface area contributed by atoms with Crippen molar-refractivity contribution in [1.29, 1.82) is 0 Å². The monoisotopic (exact) mass is 209 g/mol. The van der Waals surface area contributed by atoms with E-state index in [-0.39, 0.29) is 0 Å². The Balaban J connectivity index is 0.000000531. The first-order valence-corrected chi connectivity index (χ1v) is 5.33. The first-order valence-electron chi connectivity index (χ1n) is 5.33. The molecular weight excluding hydrogens is 190 g/mol. The van der Waals surface area contributed by atoms with Crippen molar-refractivity contribution in [3.8, 4) is 5.75 Å². The molecule has 4 nitrogen and oxygen atoms in total. The SMILES string of the molecule is CC.CNc1cc2c(cn1)N(C)CCO2. The van der Waals surface area contributed by atoms with Gasteiger partial charge in [0.2, 0.25) is 0 Å². The van der Waals surface area contributed by atoms with Gasteiger partial charge in [0.05, 0.1) is 18.4 Å². The Bertz CT molecular complexity index is 315. The molecule has 0 aromatic carbocycles. The van der Waals surface area contributed by atoms with Crippen molar-refractivity contribution < 1.29 is 4.74 Å². The smallest absolute Gasteiger partial charge is 0.147 e. The predicted molar refractivity (Wildman–Crippen MR) is 63.9 cm³/mol. The lowest BCUT2D eigenvalue weighted by Gasteiger charge is -2.27. The van der Waals surface area contributed by atoms with Crippen molar-refractivity contribution in [1.82, 2.24) is 4.98 Å². The molecule has 1 aliphatic rings. The predicted octanol–water partition coefficient (Wildman–Crippen LogP) is 1.98. The van der Waals surface area contributed by atoms with E-state index in [2.05, 4.69) is 15.2 Å². The zero-order chi connectivity index (χ0) is 11.3. The van der Waals surface area contributed by atoms with Gasteiger partial charge in [-0.1, -0.05) is 13.8 Å². The van der Waals surface area contributed by atoms with Gasteiger partial charge in [-0.25, -0.2) is 4.98 Å². The molecule has 0 radical (unpaired) electrons. The Morgan fingerprint density at radius 3 is 2.87 bits per heavy atom. The van der Waals surface area contributed by atoms with Gasteiger partial charge in [-0.05, 0) is 0 Å². The number of pyridine rings is 1. The van der Waals surface area contributed by atoms with Crippen molar-refractivity contribution in [3.05, 3.63) is 12.3 Å². The molecule has 0 atom stereocenters. The third kappa shape index (κ3) is 2.52. The number of aromatic nitrogens is 1. The first kappa shape index (κ1) is 11.6. The minimum atomic E-state index is 0.747. The maximum absolute atomic E-state index is 5.51. The third-order valence-electron chi connectivity index (χ3n) is 2.20. The summed E-state index contributed by atoms with van der Waals surface area (Å²) >= 11 is 0. The van der Waals surface area contributed by atoms with Gasteiger partial charge in [0.15, 0.2) is 0 Å². The lowest BCUT2D eigenvalue weighted by molar-refractivity contribution is 0.311. The van der Waals surface area contributed by atoms with Gasteiger partial charge in [0, 0.05) is 20.2 Å². The molecule has 0 bridgehead atoms. The fourth-order valence-corrected chi connectivity index (χ4v) is 1.38. The molecule has 0 saturated heterocycles. The summed E-state index contributed by atoms with van der Waals surface area (Å²) in [6.07, 6.45) is 1.83. The van der Waals surface area contributed by atoms with E-state index in [0.29, 0.717) is 0 Å². The summed E-state index contributed by atoms with van der Waals surface area (Å²) < 4.78 is 5.51. The molecule has 4 heteroatoms. The molecule has 1 aromatic rings. The van der Waals surface area contributed by atoms with Crippen molar-refractivity contribution >= 4 is 11.5 Å². The van der Waals surface area contributed by atoms with Gasteiger partial charge in [-0.15, -0.1) is 0 Å². The number of rotatable bonds is 1. The van der Waals surface area contributed by atoms with Crippen LogP contribution in [0, 0.1) is 0 Å². The molecule has 1 N–H and O–H groups in total. The summed E-state index contributed by atoms with van der Waals surface area (Å²) in [5, 5.41) is 2.98. The lowest BCUT2D eigenvalue weighted by Crippen LogP contribution is -2.28. The van der Waals surface area contributed by atoms with Crippen molar-refractivity contribution in [2.75, 3.05) is 37.5 Å². The highest BCUT2D eigenvalue weighted by molar-refractivity contribution is 5.61. The van der Waals surface area contributed by atoms with Crippen LogP contribution in [0.3, 0.4) is 0 Å². The van der Waals surface area contributed by atoms with Gasteiger partial charge in [-0.3, -0.25) is 0 Å². The van der Waals surface area contributed by atoms with Gasteiger partial charge < -0.3 is 15.0 Å². The van der Waals surface area contributed by atoms with E-state index in [1.807, 2.05) is 40.2 Å². The Morgan fingerprint density at radius 2 is 2.20 bits per heavy atom. The van der Waals surface area contributed by atoms with Crippen LogP contribution in [0.4, 0.5) is 11.5 Å². The van der Waals surface area contributed by atoms with Crippen LogP contribution in [0.5, 0.6) is 5.75 Å². The highest BCUT2D eigenvalue weighted by Gasteiger charge is 2.15. The molecule has 0 spiro atoms. The minimum absolute atomic E-state index is 0.747. The zero-order valence-corrected chi connectivity index (χ0v) is 9.87. The number of anilines is 2. The molecule has 84 valence electrons. The molecule has 15 heavy (non-hydrogen) atoms. The zero-order valence-electron chi connectivity index (χ0n) is 9.87. The third-order valence-corrected chi connectivity index (χ3v) is 2.20. The molecule has 0 amide bonds. The van der Waals surface area contributed by atoms with Crippen molar-refractivity contribution in [2.45, 2.75) is 13.8 Å². The highest BCUT2D eigenvalue weighted by atomic mass is 16.5. The van der Waals surface area contributed by atoms with E-state index in [4.69, 9.17) is 4.74 Å². The Kier molecular flexibility index (Phi) is 4.21. The van der Waals surface area contributed by atoms with Crippen LogP contribution in [0.25, 0.3) is 0 Å². The minimum Gasteiger partial charge on any atom is -0.489 e. The molecule has 2 rings (SSSR count). The lowest BCUT2D eigenvalue weighted by atomic mass is 10.3. The summed E-state index contributed by atoms with van der Waals surface area (Å²) in [5.41, 5.74) is 1.06. The summed E-state index contributed by atoms with van der Waals surface area (Å²) in [7, 11) is 3.89. The van der Waals surface area contributed by atoms with Gasteiger partial charge in [0.1, 0.15) is 18.2 Å². The number of ether oxygens (including phenoxy) is 1. The van der Waals surface area contributed by atoms with Gasteiger partial charge >= 0.3 is 0 Å². The number of nitrogens with one attached hydrogen (secondary N) is 1. The average molecular weight is 209 g/mol. The largest absolute Gasteiger partial charge is 0.489 e. The number of hydrogen-bond acceptors (Lipinski definition) is 4. The van der Waals surface area contributed by atoms with Crippen LogP contribution in [-0.4, -0.2) is 32.2 Å². The van der Waals surface area contributed by atoms with Crippen molar-refractivity contribution in [3.63, 3.8) is 0 Å². The molecule has 0 aliphatic carbocycles. The molecular formula is C11H19N3O. The van der Waals surface area contributed by atoms with Crippen LogP contribution in [0.1, 0.15) is 13.8 Å². The Labute approximate surface area is 91.3 Å². The maximum atomic E-state index is 5.51. The summed E-state index contributed by atoms with van der Waals surface area (Å²) in [6.45, 7) is 5.67. The molecule has 0 unspecified atom stereocenters. The second-order valence-electron chi connectivity index (χ2n) is 3.06. The summed E-state index contributed by atoms with van der Waals surface area (Å²) in [6, 6.07) is 1.92. The standard InChI is InChI=1S/C9H13N3O.C2H6/c1-10-9-5-8-7(6-11-9)12(2)3-4-13-8;1-2/h5-6H,3-4H2,1-2H3,(H,10,11);1-2H3. The Morgan fingerprint density at radius 1 is 1.47 bits per heavy atom. The summed E-state index contributed by atoms with van der Waals surface area (Å²) in [4.78, 5) is 6.37. The Hall–Kier alpha value is -1.45. The topological polar surface area (TPSA) is 37.4 Å². The molecule has 0 fully saturated rings. The summed E-state index contributed by atoms with van der Waals surface area (Å²) in [5.74, 6) is 1.75. The van der Waals surface area contributed by atoms with E-state index in [1.165, 1.54) is 0 Å². The number of fused-ring (bicyclic) bond motifs is 1. The fraction of sp³-hybridized carbons (Fsp3) is 0.545.